The highest BCUT2D eigenvalue weighted by molar-refractivity contribution is 5.93. The molecule has 0 spiro atoms. The number of carboxylic acid groups (broad SMARTS) is 1. The summed E-state index contributed by atoms with van der Waals surface area (Å²) in [5, 5.41) is 23.8. The normalized spacial score (nSPS) is 16.2. The number of rotatable bonds is 5. The summed E-state index contributed by atoms with van der Waals surface area (Å²) >= 11 is 0. The Morgan fingerprint density at radius 1 is 1.14 bits per heavy atom. The molecule has 0 aliphatic carbocycles. The number of nitriles is 1. The van der Waals surface area contributed by atoms with Gasteiger partial charge >= 0.3 is 12.1 Å². The van der Waals surface area contributed by atoms with Crippen molar-refractivity contribution in [1.29, 1.82) is 5.26 Å². The number of carbonyl (C=O) groups excluding carboxylic acids is 1. The van der Waals surface area contributed by atoms with Crippen LogP contribution in [0.3, 0.4) is 0 Å². The van der Waals surface area contributed by atoms with Gasteiger partial charge in [-0.3, -0.25) is 9.78 Å². The fraction of sp³-hybridized carbons (Fsp3) is 0.308. The number of carboxylic acids is 1. The second kappa shape index (κ2) is 12.1. The number of nitrogens with one attached hydrogen (secondary N) is 2. The monoisotopic (exact) mass is 498 g/mol. The molecule has 4 rings (SSSR count). The van der Waals surface area contributed by atoms with Gasteiger partial charge in [-0.1, -0.05) is 55.0 Å². The number of hydrogen-bond acceptors (Lipinski definition) is 5. The van der Waals surface area contributed by atoms with E-state index in [-0.39, 0.29) is 11.9 Å². The van der Waals surface area contributed by atoms with Crippen LogP contribution in [0.2, 0.25) is 0 Å². The van der Waals surface area contributed by atoms with Crippen LogP contribution in [0, 0.1) is 11.3 Å². The van der Waals surface area contributed by atoms with Gasteiger partial charge in [0.25, 0.3) is 0 Å². The summed E-state index contributed by atoms with van der Waals surface area (Å²) in [5.74, 6) is -2.83. The molecule has 1 saturated heterocycles. The molecule has 2 atom stereocenters. The maximum atomic E-state index is 12.4. The van der Waals surface area contributed by atoms with Gasteiger partial charge in [0.05, 0.1) is 17.6 Å². The lowest BCUT2D eigenvalue weighted by atomic mass is 9.98. The first-order valence-electron chi connectivity index (χ1n) is 11.4. The van der Waals surface area contributed by atoms with Crippen molar-refractivity contribution in [2.45, 2.75) is 43.9 Å². The van der Waals surface area contributed by atoms with Crippen LogP contribution < -0.4 is 10.6 Å². The van der Waals surface area contributed by atoms with E-state index < -0.39 is 18.2 Å². The van der Waals surface area contributed by atoms with Crippen molar-refractivity contribution in [2.75, 3.05) is 6.54 Å². The van der Waals surface area contributed by atoms with Crippen LogP contribution in [0.4, 0.5) is 13.2 Å². The van der Waals surface area contributed by atoms with Crippen molar-refractivity contribution in [3.63, 3.8) is 0 Å². The number of amides is 1. The van der Waals surface area contributed by atoms with E-state index in [1.807, 2.05) is 30.5 Å². The Morgan fingerprint density at radius 2 is 1.83 bits per heavy atom. The molecule has 2 aromatic carbocycles. The molecular weight excluding hydrogens is 473 g/mol. The highest BCUT2D eigenvalue weighted by Crippen LogP contribution is 2.27. The molecule has 3 aromatic rings. The second-order valence-electron chi connectivity index (χ2n) is 8.28. The van der Waals surface area contributed by atoms with Gasteiger partial charge < -0.3 is 15.7 Å². The average molecular weight is 499 g/mol. The number of carbonyl (C=O) groups is 2. The molecule has 1 aromatic heterocycles. The van der Waals surface area contributed by atoms with Gasteiger partial charge in [0.15, 0.2) is 0 Å². The highest BCUT2D eigenvalue weighted by Gasteiger charge is 2.38. The largest absolute Gasteiger partial charge is 0.490 e. The van der Waals surface area contributed by atoms with E-state index in [0.29, 0.717) is 6.42 Å². The van der Waals surface area contributed by atoms with Gasteiger partial charge in [-0.2, -0.15) is 18.4 Å². The van der Waals surface area contributed by atoms with Gasteiger partial charge in [0, 0.05) is 23.6 Å². The summed E-state index contributed by atoms with van der Waals surface area (Å²) in [6, 6.07) is 19.8. The number of aromatic nitrogens is 1. The summed E-state index contributed by atoms with van der Waals surface area (Å²) in [7, 11) is 0. The Balaban J connectivity index is 0.000000454. The van der Waals surface area contributed by atoms with Crippen LogP contribution in [0.25, 0.3) is 22.0 Å². The molecule has 0 saturated carbocycles. The summed E-state index contributed by atoms with van der Waals surface area (Å²) in [4.78, 5) is 25.8. The van der Waals surface area contributed by atoms with Crippen molar-refractivity contribution in [2.24, 2.45) is 0 Å². The predicted molar refractivity (Wildman–Crippen MR) is 128 cm³/mol. The smallest absolute Gasteiger partial charge is 0.475 e. The molecule has 1 aliphatic rings. The molecule has 2 heterocycles. The first-order chi connectivity index (χ1) is 17.2. The summed E-state index contributed by atoms with van der Waals surface area (Å²) < 4.78 is 31.7. The van der Waals surface area contributed by atoms with E-state index in [1.54, 1.807) is 0 Å². The Labute approximate surface area is 206 Å². The lowest BCUT2D eigenvalue weighted by Crippen LogP contribution is -2.49. The number of halogens is 3. The lowest BCUT2D eigenvalue weighted by molar-refractivity contribution is -0.192. The van der Waals surface area contributed by atoms with Crippen molar-refractivity contribution >= 4 is 22.8 Å². The zero-order chi connectivity index (χ0) is 26.1. The number of aliphatic carboxylic acids is 1. The molecule has 188 valence electrons. The van der Waals surface area contributed by atoms with Crippen molar-refractivity contribution in [3.05, 3.63) is 66.4 Å². The maximum absolute atomic E-state index is 12.4. The Kier molecular flexibility index (Phi) is 8.97. The third kappa shape index (κ3) is 7.26. The predicted octanol–water partition coefficient (Wildman–Crippen LogP) is 4.23. The van der Waals surface area contributed by atoms with Crippen molar-refractivity contribution < 1.29 is 27.9 Å². The van der Waals surface area contributed by atoms with E-state index in [2.05, 4.69) is 52.0 Å². The first-order valence-corrected chi connectivity index (χ1v) is 11.4. The third-order valence-corrected chi connectivity index (χ3v) is 5.68. The minimum atomic E-state index is -5.08. The molecule has 1 aliphatic heterocycles. The van der Waals surface area contributed by atoms with Gasteiger partial charge in [0.2, 0.25) is 5.91 Å². The summed E-state index contributed by atoms with van der Waals surface area (Å²) in [6.07, 6.45) is 0.194. The lowest BCUT2D eigenvalue weighted by Gasteiger charge is -2.23. The number of fused-ring (bicyclic) bond motifs is 1. The maximum Gasteiger partial charge on any atom is 0.490 e. The molecule has 3 N–H and O–H groups in total. The van der Waals surface area contributed by atoms with Crippen LogP contribution in [0.5, 0.6) is 0 Å². The zero-order valence-electron chi connectivity index (χ0n) is 19.3. The Bertz CT molecular complexity index is 1230. The zero-order valence-corrected chi connectivity index (χ0v) is 19.3. The van der Waals surface area contributed by atoms with Crippen LogP contribution in [0.1, 0.15) is 24.8 Å². The second-order valence-corrected chi connectivity index (χ2v) is 8.28. The van der Waals surface area contributed by atoms with E-state index in [4.69, 9.17) is 9.90 Å². The topological polar surface area (TPSA) is 115 Å². The summed E-state index contributed by atoms with van der Waals surface area (Å²) in [5.41, 5.74) is 4.17. The molecule has 7 nitrogen and oxygen atoms in total. The molecule has 36 heavy (non-hydrogen) atoms. The number of nitrogens with zero attached hydrogens (tertiary/aromatic N) is 2. The molecule has 0 bridgehead atoms. The minimum absolute atomic E-state index is 0.0744. The molecule has 0 unspecified atom stereocenters. The van der Waals surface area contributed by atoms with Gasteiger partial charge in [0.1, 0.15) is 6.04 Å². The van der Waals surface area contributed by atoms with E-state index >= 15 is 0 Å². The van der Waals surface area contributed by atoms with Gasteiger partial charge in [-0.25, -0.2) is 4.79 Å². The Morgan fingerprint density at radius 3 is 2.44 bits per heavy atom. The highest BCUT2D eigenvalue weighted by atomic mass is 19.4. The summed E-state index contributed by atoms with van der Waals surface area (Å²) in [6.45, 7) is 0.861. The van der Waals surface area contributed by atoms with Gasteiger partial charge in [-0.15, -0.1) is 0 Å². The SMILES string of the molecule is N#C[C@H](Cc1ccc(-c2cccc3cccnc23)cc1)NC(=O)[C@@H]1CCCCN1.O=C(O)C(F)(F)F. The molecule has 1 fully saturated rings. The molecule has 10 heteroatoms. The molecular formula is C26H25F3N4O3. The molecule has 1 amide bonds. The number of hydrogen-bond donors (Lipinski definition) is 3. The van der Waals surface area contributed by atoms with Crippen LogP contribution in [0.15, 0.2) is 60.8 Å². The number of alkyl halides is 3. The fourth-order valence-electron chi connectivity index (χ4n) is 3.87. The quantitative estimate of drug-likeness (QED) is 0.485. The minimum Gasteiger partial charge on any atom is -0.475 e. The van der Waals surface area contributed by atoms with Gasteiger partial charge in [-0.05, 0) is 36.6 Å². The standard InChI is InChI=1S/C24H24N4O.C2HF3O2/c25-16-20(28-24(29)22-8-1-2-13-26-22)15-17-9-11-18(12-10-17)21-7-3-5-19-6-4-14-27-23(19)21;3-2(4,5)1(6)7/h3-7,9-12,14,20,22,26H,1-2,8,13,15H2,(H,28,29);(H,6,7)/t20-,22-;/m0./s1. The van der Waals surface area contributed by atoms with Crippen LogP contribution in [-0.2, 0) is 16.0 Å². The van der Waals surface area contributed by atoms with Crippen LogP contribution in [-0.4, -0.2) is 46.8 Å². The number of para-hydroxylation sites is 1. The van der Waals surface area contributed by atoms with E-state index in [9.17, 15) is 23.2 Å². The third-order valence-electron chi connectivity index (χ3n) is 5.68. The molecule has 0 radical (unpaired) electrons. The number of benzene rings is 2. The first kappa shape index (κ1) is 26.6. The van der Waals surface area contributed by atoms with Crippen LogP contribution >= 0.6 is 0 Å². The number of piperidine rings is 1. The van der Waals surface area contributed by atoms with Crippen molar-refractivity contribution in [3.8, 4) is 17.2 Å². The Hall–Kier alpha value is -3.97. The van der Waals surface area contributed by atoms with Crippen molar-refractivity contribution in [1.82, 2.24) is 15.6 Å². The number of pyridine rings is 1. The van der Waals surface area contributed by atoms with E-state index in [0.717, 1.165) is 53.4 Å². The average Bonchev–Trinajstić information content (AvgIpc) is 2.88. The van der Waals surface area contributed by atoms with E-state index in [1.165, 1.54) is 0 Å². The fourth-order valence-corrected chi connectivity index (χ4v) is 3.87.